The van der Waals surface area contributed by atoms with Crippen LogP contribution in [-0.2, 0) is 6.54 Å². The molecule has 0 atom stereocenters. The lowest BCUT2D eigenvalue weighted by Crippen LogP contribution is -2.38. The maximum atomic E-state index is 6.00. The van der Waals surface area contributed by atoms with Gasteiger partial charge in [0.1, 0.15) is 5.82 Å². The van der Waals surface area contributed by atoms with E-state index in [1.807, 2.05) is 24.4 Å². The van der Waals surface area contributed by atoms with Crippen LogP contribution in [-0.4, -0.2) is 36.1 Å². The summed E-state index contributed by atoms with van der Waals surface area (Å²) in [5, 5.41) is 0.784. The number of piperidine rings is 1. The van der Waals surface area contributed by atoms with Crippen LogP contribution in [0.2, 0.25) is 5.02 Å². The number of likely N-dealkylation sites (tertiary alicyclic amines) is 1. The molecule has 1 aromatic heterocycles. The number of nitrogens with zero attached hydrogens (tertiary/aromatic N) is 3. The van der Waals surface area contributed by atoms with Crippen LogP contribution in [0.5, 0.6) is 0 Å². The number of pyridine rings is 1. The highest BCUT2D eigenvalue weighted by atomic mass is 35.5. The van der Waals surface area contributed by atoms with E-state index in [0.717, 1.165) is 30.5 Å². The van der Waals surface area contributed by atoms with Crippen LogP contribution in [0, 0.1) is 0 Å². The Morgan fingerprint density at radius 1 is 1.00 bits per heavy atom. The molecule has 1 aromatic carbocycles. The molecule has 0 unspecified atom stereocenters. The second-order valence-corrected chi connectivity index (χ2v) is 6.57. The van der Waals surface area contributed by atoms with Gasteiger partial charge in [-0.25, -0.2) is 4.98 Å². The zero-order valence-corrected chi connectivity index (χ0v) is 15.5. The predicted molar refractivity (Wildman–Crippen MR) is 104 cm³/mol. The molecule has 0 aliphatic carbocycles. The fraction of sp³-hybridized carbons (Fsp3) is 0.421. The fourth-order valence-corrected chi connectivity index (χ4v) is 3.20. The molecule has 1 saturated heterocycles. The second kappa shape index (κ2) is 9.87. The van der Waals surface area contributed by atoms with Crippen molar-refractivity contribution in [1.82, 2.24) is 9.88 Å². The van der Waals surface area contributed by atoms with E-state index < -0.39 is 0 Å². The molecule has 1 aliphatic rings. The van der Waals surface area contributed by atoms with E-state index in [1.54, 1.807) is 0 Å². The summed E-state index contributed by atoms with van der Waals surface area (Å²) in [6.45, 7) is 5.43. The van der Waals surface area contributed by atoms with Crippen LogP contribution in [0.1, 0.15) is 24.8 Å². The minimum absolute atomic E-state index is 0. The number of hydrogen-bond donors (Lipinski definition) is 0. The van der Waals surface area contributed by atoms with Gasteiger partial charge in [0.05, 0.1) is 0 Å². The molecule has 1 fully saturated rings. The summed E-state index contributed by atoms with van der Waals surface area (Å²) in [6.07, 6.45) is 5.91. The molecule has 130 valence electrons. The summed E-state index contributed by atoms with van der Waals surface area (Å²) in [5.41, 5.74) is 1.26. The molecule has 0 saturated carbocycles. The number of anilines is 1. The van der Waals surface area contributed by atoms with Crippen molar-refractivity contribution in [2.45, 2.75) is 25.8 Å². The fourth-order valence-electron chi connectivity index (χ4n) is 3.07. The van der Waals surface area contributed by atoms with E-state index >= 15 is 0 Å². The molecule has 0 N–H and O–H groups in total. The summed E-state index contributed by atoms with van der Waals surface area (Å²) in [4.78, 5) is 9.47. The largest absolute Gasteiger partial charge is 0.351 e. The maximum absolute atomic E-state index is 6.00. The molecule has 5 heteroatoms. The van der Waals surface area contributed by atoms with Crippen molar-refractivity contribution in [2.24, 2.45) is 0 Å². The third-order valence-electron chi connectivity index (χ3n) is 4.39. The van der Waals surface area contributed by atoms with Crippen molar-refractivity contribution >= 4 is 29.8 Å². The van der Waals surface area contributed by atoms with E-state index in [9.17, 15) is 0 Å². The topological polar surface area (TPSA) is 19.4 Å². The second-order valence-electron chi connectivity index (χ2n) is 6.14. The van der Waals surface area contributed by atoms with Gasteiger partial charge in [-0.1, -0.05) is 36.2 Å². The van der Waals surface area contributed by atoms with Gasteiger partial charge >= 0.3 is 0 Å². The normalized spacial score (nSPS) is 14.9. The Bertz CT molecular complexity index is 583. The third-order valence-corrected chi connectivity index (χ3v) is 4.65. The lowest BCUT2D eigenvalue weighted by Gasteiger charge is -2.30. The van der Waals surface area contributed by atoms with Gasteiger partial charge in [0.15, 0.2) is 0 Å². The molecule has 0 bridgehead atoms. The van der Waals surface area contributed by atoms with Gasteiger partial charge in [0, 0.05) is 30.9 Å². The molecule has 24 heavy (non-hydrogen) atoms. The van der Waals surface area contributed by atoms with Crippen LogP contribution in [0.25, 0.3) is 0 Å². The quantitative estimate of drug-likeness (QED) is 0.742. The average molecular weight is 366 g/mol. The van der Waals surface area contributed by atoms with Crippen LogP contribution in [0.15, 0.2) is 48.7 Å². The first-order chi connectivity index (χ1) is 11.3. The summed E-state index contributed by atoms with van der Waals surface area (Å²) >= 11 is 6.00. The van der Waals surface area contributed by atoms with Gasteiger partial charge in [0.2, 0.25) is 0 Å². The lowest BCUT2D eigenvalue weighted by atomic mass is 10.1. The monoisotopic (exact) mass is 365 g/mol. The summed E-state index contributed by atoms with van der Waals surface area (Å²) < 4.78 is 0. The van der Waals surface area contributed by atoms with Crippen LogP contribution in [0.4, 0.5) is 5.82 Å². The first kappa shape index (κ1) is 19.0. The Morgan fingerprint density at radius 3 is 2.42 bits per heavy atom. The molecule has 1 aliphatic heterocycles. The number of benzene rings is 1. The molecule has 0 amide bonds. The highest BCUT2D eigenvalue weighted by Crippen LogP contribution is 2.17. The van der Waals surface area contributed by atoms with Crippen LogP contribution >= 0.6 is 24.0 Å². The molecular formula is C19H25Cl2N3. The van der Waals surface area contributed by atoms with Crippen molar-refractivity contribution in [3.05, 3.63) is 59.2 Å². The Hall–Kier alpha value is -1.29. The molecule has 2 aromatic rings. The lowest BCUT2D eigenvalue weighted by molar-refractivity contribution is 0.233. The number of rotatable bonds is 6. The van der Waals surface area contributed by atoms with Gasteiger partial charge in [-0.15, -0.1) is 12.4 Å². The van der Waals surface area contributed by atoms with E-state index in [-0.39, 0.29) is 12.4 Å². The van der Waals surface area contributed by atoms with Crippen molar-refractivity contribution in [3.8, 4) is 0 Å². The Labute approximate surface area is 156 Å². The summed E-state index contributed by atoms with van der Waals surface area (Å²) in [7, 11) is 0. The Balaban J connectivity index is 0.00000208. The van der Waals surface area contributed by atoms with E-state index in [1.165, 1.54) is 37.9 Å². The average Bonchev–Trinajstić information content (AvgIpc) is 2.62. The van der Waals surface area contributed by atoms with Crippen molar-refractivity contribution in [2.75, 3.05) is 31.1 Å². The Kier molecular flexibility index (Phi) is 7.83. The minimum atomic E-state index is 0. The van der Waals surface area contributed by atoms with Gasteiger partial charge < -0.3 is 9.80 Å². The van der Waals surface area contributed by atoms with Crippen LogP contribution in [0.3, 0.4) is 0 Å². The summed E-state index contributed by atoms with van der Waals surface area (Å²) in [6, 6.07) is 14.2. The first-order valence-corrected chi connectivity index (χ1v) is 8.82. The predicted octanol–water partition coefficient (Wildman–Crippen LogP) is 4.65. The SMILES string of the molecule is Cl.Clc1ccc(CN(CCN2CCCCC2)c2ccccn2)cc1. The molecule has 2 heterocycles. The van der Waals surface area contributed by atoms with E-state index in [0.29, 0.717) is 0 Å². The van der Waals surface area contributed by atoms with Crippen molar-refractivity contribution in [3.63, 3.8) is 0 Å². The number of aromatic nitrogens is 1. The van der Waals surface area contributed by atoms with Crippen molar-refractivity contribution in [1.29, 1.82) is 0 Å². The van der Waals surface area contributed by atoms with Gasteiger partial charge in [-0.3, -0.25) is 0 Å². The molecule has 3 rings (SSSR count). The number of halogens is 2. The van der Waals surface area contributed by atoms with Gasteiger partial charge in [-0.05, 0) is 55.8 Å². The van der Waals surface area contributed by atoms with Crippen LogP contribution < -0.4 is 4.90 Å². The highest BCUT2D eigenvalue weighted by molar-refractivity contribution is 6.30. The van der Waals surface area contributed by atoms with Gasteiger partial charge in [0.25, 0.3) is 0 Å². The van der Waals surface area contributed by atoms with Gasteiger partial charge in [-0.2, -0.15) is 0 Å². The molecular weight excluding hydrogens is 341 g/mol. The highest BCUT2D eigenvalue weighted by Gasteiger charge is 2.13. The minimum Gasteiger partial charge on any atom is -0.351 e. The van der Waals surface area contributed by atoms with E-state index in [2.05, 4.69) is 39.0 Å². The molecule has 0 spiro atoms. The van der Waals surface area contributed by atoms with Crippen molar-refractivity contribution < 1.29 is 0 Å². The Morgan fingerprint density at radius 2 is 1.75 bits per heavy atom. The standard InChI is InChI=1S/C19H24ClN3.ClH/c20-18-9-7-17(8-10-18)16-23(19-6-2-3-11-21-19)15-14-22-12-4-1-5-13-22;/h2-3,6-11H,1,4-5,12-16H2;1H. The summed E-state index contributed by atoms with van der Waals surface area (Å²) in [5.74, 6) is 1.04. The third kappa shape index (κ3) is 5.66. The first-order valence-electron chi connectivity index (χ1n) is 8.44. The molecule has 0 radical (unpaired) electrons. The maximum Gasteiger partial charge on any atom is 0.128 e. The number of hydrogen-bond acceptors (Lipinski definition) is 3. The smallest absolute Gasteiger partial charge is 0.128 e. The molecule has 3 nitrogen and oxygen atoms in total. The zero-order valence-electron chi connectivity index (χ0n) is 13.9. The zero-order chi connectivity index (χ0) is 15.9. The van der Waals surface area contributed by atoms with E-state index in [4.69, 9.17) is 11.6 Å².